The van der Waals surface area contributed by atoms with Crippen molar-refractivity contribution in [1.29, 1.82) is 0 Å². The maximum absolute atomic E-state index is 4.58. The molecule has 0 bridgehead atoms. The van der Waals surface area contributed by atoms with Gasteiger partial charge in [0, 0.05) is 18.1 Å². The van der Waals surface area contributed by atoms with Gasteiger partial charge in [0.2, 0.25) is 0 Å². The predicted molar refractivity (Wildman–Crippen MR) is 76.2 cm³/mol. The van der Waals surface area contributed by atoms with Gasteiger partial charge < -0.3 is 9.72 Å². The minimum atomic E-state index is 0.678. The van der Waals surface area contributed by atoms with E-state index >= 15 is 0 Å². The number of anilines is 1. The van der Waals surface area contributed by atoms with E-state index in [2.05, 4.69) is 38.9 Å². The third-order valence-corrected chi connectivity index (χ3v) is 3.11. The minimum absolute atomic E-state index is 0.678. The van der Waals surface area contributed by atoms with E-state index in [1.165, 1.54) is 5.69 Å². The number of hydrogen-bond acceptors (Lipinski definition) is 3. The van der Waals surface area contributed by atoms with Gasteiger partial charge in [-0.1, -0.05) is 12.1 Å². The summed E-state index contributed by atoms with van der Waals surface area (Å²) in [4.78, 5) is 8.90. The highest BCUT2D eigenvalue weighted by Crippen LogP contribution is 2.10. The molecule has 3 heterocycles. The highest BCUT2D eigenvalue weighted by molar-refractivity contribution is 5.43. The second-order valence-electron chi connectivity index (χ2n) is 4.70. The summed E-state index contributed by atoms with van der Waals surface area (Å²) in [5.74, 6) is 0.874. The van der Waals surface area contributed by atoms with Gasteiger partial charge in [0.05, 0.1) is 12.2 Å². The summed E-state index contributed by atoms with van der Waals surface area (Å²) in [6.45, 7) is 4.78. The summed E-state index contributed by atoms with van der Waals surface area (Å²) in [6.07, 6.45) is 3.92. The Balaban J connectivity index is 1.78. The normalized spacial score (nSPS) is 10.8. The van der Waals surface area contributed by atoms with Crippen LogP contribution in [0.2, 0.25) is 0 Å². The minimum Gasteiger partial charge on any atom is -0.364 e. The van der Waals surface area contributed by atoms with Crippen LogP contribution in [0.5, 0.6) is 0 Å². The van der Waals surface area contributed by atoms with Crippen molar-refractivity contribution in [3.05, 3.63) is 59.7 Å². The average Bonchev–Trinajstić information content (AvgIpc) is 2.83. The van der Waals surface area contributed by atoms with Crippen LogP contribution in [0.1, 0.15) is 17.0 Å². The quantitative estimate of drug-likeness (QED) is 0.779. The molecule has 0 aliphatic rings. The molecule has 19 heavy (non-hydrogen) atoms. The molecule has 3 rings (SSSR count). The Morgan fingerprint density at radius 1 is 1.16 bits per heavy atom. The molecule has 0 amide bonds. The molecule has 4 nitrogen and oxygen atoms in total. The van der Waals surface area contributed by atoms with Crippen molar-refractivity contribution < 1.29 is 0 Å². The number of nitrogens with one attached hydrogen (secondary N) is 1. The summed E-state index contributed by atoms with van der Waals surface area (Å²) >= 11 is 0. The van der Waals surface area contributed by atoms with E-state index in [9.17, 15) is 0 Å². The highest BCUT2D eigenvalue weighted by Gasteiger charge is 2.03. The second-order valence-corrected chi connectivity index (χ2v) is 4.70. The number of aryl methyl sites for hydroxylation is 2. The summed E-state index contributed by atoms with van der Waals surface area (Å²) in [5.41, 5.74) is 4.34. The Kier molecular flexibility index (Phi) is 2.91. The van der Waals surface area contributed by atoms with E-state index < -0.39 is 0 Å². The molecule has 3 aromatic rings. The number of pyridine rings is 2. The van der Waals surface area contributed by atoms with Crippen LogP contribution in [-0.4, -0.2) is 14.4 Å². The molecule has 3 aromatic heterocycles. The van der Waals surface area contributed by atoms with Crippen LogP contribution < -0.4 is 5.32 Å². The lowest BCUT2D eigenvalue weighted by Gasteiger charge is -2.02. The molecule has 0 unspecified atom stereocenters. The topological polar surface area (TPSA) is 42.2 Å². The van der Waals surface area contributed by atoms with Crippen molar-refractivity contribution in [2.24, 2.45) is 0 Å². The van der Waals surface area contributed by atoms with Gasteiger partial charge in [0.15, 0.2) is 0 Å². The van der Waals surface area contributed by atoms with E-state index in [1.807, 2.05) is 37.4 Å². The molecule has 0 spiro atoms. The van der Waals surface area contributed by atoms with Crippen molar-refractivity contribution in [2.75, 3.05) is 5.32 Å². The van der Waals surface area contributed by atoms with Crippen LogP contribution in [0.4, 0.5) is 5.82 Å². The van der Waals surface area contributed by atoms with Crippen molar-refractivity contribution in [2.45, 2.75) is 20.4 Å². The molecule has 0 fully saturated rings. The van der Waals surface area contributed by atoms with Gasteiger partial charge >= 0.3 is 0 Å². The van der Waals surface area contributed by atoms with E-state index in [0.29, 0.717) is 6.54 Å². The zero-order valence-electron chi connectivity index (χ0n) is 11.1. The first-order valence-electron chi connectivity index (χ1n) is 6.32. The molecule has 1 N–H and O–H groups in total. The Morgan fingerprint density at radius 2 is 2.05 bits per heavy atom. The van der Waals surface area contributed by atoms with Gasteiger partial charge in [-0.05, 0) is 37.6 Å². The van der Waals surface area contributed by atoms with Crippen LogP contribution >= 0.6 is 0 Å². The molecule has 0 saturated heterocycles. The zero-order valence-corrected chi connectivity index (χ0v) is 11.1. The standard InChI is InChI=1S/C15H16N4/c1-11-6-7-14(16-8-11)17-9-13-10-19-12(2)4-3-5-15(19)18-13/h3-8,10H,9H2,1-2H3,(H,16,17). The molecule has 0 saturated carbocycles. The fourth-order valence-electron chi connectivity index (χ4n) is 2.04. The molecule has 4 heteroatoms. The Bertz CT molecular complexity index is 698. The molecule has 0 aliphatic heterocycles. The fraction of sp³-hybridized carbons (Fsp3) is 0.200. The molecule has 0 aliphatic carbocycles. The summed E-state index contributed by atoms with van der Waals surface area (Å²) in [7, 11) is 0. The first-order chi connectivity index (χ1) is 9.22. The molecule has 0 atom stereocenters. The number of hydrogen-bond donors (Lipinski definition) is 1. The first kappa shape index (κ1) is 11.7. The number of nitrogens with zero attached hydrogens (tertiary/aromatic N) is 3. The van der Waals surface area contributed by atoms with E-state index in [4.69, 9.17) is 0 Å². The highest BCUT2D eigenvalue weighted by atomic mass is 15.0. The maximum atomic E-state index is 4.58. The van der Waals surface area contributed by atoms with Crippen molar-refractivity contribution in [3.8, 4) is 0 Å². The molecular weight excluding hydrogens is 236 g/mol. The van der Waals surface area contributed by atoms with E-state index in [1.54, 1.807) is 0 Å². The predicted octanol–water partition coefficient (Wildman–Crippen LogP) is 2.96. The Morgan fingerprint density at radius 3 is 2.79 bits per heavy atom. The molecule has 0 aromatic carbocycles. The largest absolute Gasteiger partial charge is 0.364 e. The second kappa shape index (κ2) is 4.72. The first-order valence-corrected chi connectivity index (χ1v) is 6.32. The van der Waals surface area contributed by atoms with Gasteiger partial charge in [-0.2, -0.15) is 0 Å². The number of fused-ring (bicyclic) bond motifs is 1. The molecular formula is C15H16N4. The van der Waals surface area contributed by atoms with Gasteiger partial charge in [0.25, 0.3) is 0 Å². The van der Waals surface area contributed by atoms with Crippen molar-refractivity contribution >= 4 is 11.5 Å². The smallest absolute Gasteiger partial charge is 0.137 e. The SMILES string of the molecule is Cc1ccc(NCc2cn3c(C)cccc3n2)nc1. The summed E-state index contributed by atoms with van der Waals surface area (Å²) in [6, 6.07) is 10.1. The zero-order chi connectivity index (χ0) is 13.2. The lowest BCUT2D eigenvalue weighted by atomic mass is 10.3. The van der Waals surface area contributed by atoms with Gasteiger partial charge in [0.1, 0.15) is 11.5 Å². The van der Waals surface area contributed by atoms with Gasteiger partial charge in [-0.3, -0.25) is 0 Å². The van der Waals surface area contributed by atoms with Gasteiger partial charge in [-0.15, -0.1) is 0 Å². The fourth-order valence-corrected chi connectivity index (χ4v) is 2.04. The lowest BCUT2D eigenvalue weighted by Crippen LogP contribution is -2.01. The summed E-state index contributed by atoms with van der Waals surface area (Å²) < 4.78 is 2.10. The molecule has 96 valence electrons. The van der Waals surface area contributed by atoms with Crippen LogP contribution in [0, 0.1) is 13.8 Å². The Labute approximate surface area is 112 Å². The van der Waals surface area contributed by atoms with Crippen LogP contribution in [0.3, 0.4) is 0 Å². The summed E-state index contributed by atoms with van der Waals surface area (Å²) in [5, 5.41) is 3.28. The monoisotopic (exact) mass is 252 g/mol. The van der Waals surface area contributed by atoms with Crippen LogP contribution in [0.25, 0.3) is 5.65 Å². The maximum Gasteiger partial charge on any atom is 0.137 e. The van der Waals surface area contributed by atoms with Crippen LogP contribution in [0.15, 0.2) is 42.7 Å². The third-order valence-electron chi connectivity index (χ3n) is 3.11. The lowest BCUT2D eigenvalue weighted by molar-refractivity contribution is 1.05. The number of imidazole rings is 1. The third kappa shape index (κ3) is 2.42. The number of rotatable bonds is 3. The van der Waals surface area contributed by atoms with Crippen molar-refractivity contribution in [3.63, 3.8) is 0 Å². The van der Waals surface area contributed by atoms with Crippen LogP contribution in [-0.2, 0) is 6.54 Å². The van der Waals surface area contributed by atoms with E-state index in [0.717, 1.165) is 22.7 Å². The van der Waals surface area contributed by atoms with Crippen molar-refractivity contribution in [1.82, 2.24) is 14.4 Å². The van der Waals surface area contributed by atoms with E-state index in [-0.39, 0.29) is 0 Å². The molecule has 0 radical (unpaired) electrons. The average molecular weight is 252 g/mol. The Hall–Kier alpha value is -2.36. The van der Waals surface area contributed by atoms with Gasteiger partial charge in [-0.25, -0.2) is 9.97 Å². The number of aromatic nitrogens is 3.